The van der Waals surface area contributed by atoms with Crippen LogP contribution in [0.25, 0.3) is 10.9 Å². The zero-order valence-electron chi connectivity index (χ0n) is 14.5. The number of nitrogens with zero attached hydrogens (tertiary/aromatic N) is 4. The van der Waals surface area contributed by atoms with Crippen LogP contribution in [0.4, 0.5) is 11.4 Å². The van der Waals surface area contributed by atoms with Gasteiger partial charge in [-0.1, -0.05) is 18.2 Å². The number of non-ortho nitro benzene ring substituents is 1. The minimum absolute atomic E-state index is 0.127. The molecule has 0 bridgehead atoms. The van der Waals surface area contributed by atoms with Gasteiger partial charge in [0.2, 0.25) is 0 Å². The minimum atomic E-state index is -0.501. The molecule has 1 saturated heterocycles. The number of fused-ring (bicyclic) bond motifs is 1. The molecule has 7 nitrogen and oxygen atoms in total. The zero-order chi connectivity index (χ0) is 19.0. The van der Waals surface area contributed by atoms with E-state index in [1.54, 1.807) is 30.3 Å². The summed E-state index contributed by atoms with van der Waals surface area (Å²) in [6.45, 7) is 1.63. The van der Waals surface area contributed by atoms with Crippen molar-refractivity contribution in [2.75, 3.05) is 18.0 Å². The lowest BCUT2D eigenvalue weighted by Crippen LogP contribution is -2.22. The number of benzene rings is 2. The van der Waals surface area contributed by atoms with Crippen molar-refractivity contribution in [3.8, 4) is 6.07 Å². The third kappa shape index (κ3) is 2.81. The molecule has 0 amide bonds. The fraction of sp³-hybridized carbons (Fsp3) is 0.200. The van der Waals surface area contributed by atoms with Gasteiger partial charge in [-0.25, -0.2) is 0 Å². The fourth-order valence-electron chi connectivity index (χ4n) is 3.61. The molecule has 1 fully saturated rings. The third-order valence-corrected chi connectivity index (χ3v) is 4.92. The van der Waals surface area contributed by atoms with Gasteiger partial charge in [-0.15, -0.1) is 0 Å². The summed E-state index contributed by atoms with van der Waals surface area (Å²) in [4.78, 5) is 26.2. The second-order valence-corrected chi connectivity index (χ2v) is 6.50. The molecule has 2 heterocycles. The Kier molecular flexibility index (Phi) is 4.09. The van der Waals surface area contributed by atoms with E-state index in [9.17, 15) is 20.2 Å². The molecule has 0 radical (unpaired) electrons. The first-order valence-electron chi connectivity index (χ1n) is 8.68. The van der Waals surface area contributed by atoms with Crippen molar-refractivity contribution < 1.29 is 9.72 Å². The predicted octanol–water partition coefficient (Wildman–Crippen LogP) is 3.71. The lowest BCUT2D eigenvalue weighted by Gasteiger charge is -2.21. The number of anilines is 1. The number of carbonyl (C=O) groups is 1. The largest absolute Gasteiger partial charge is 0.371 e. The number of hydrogen-bond acceptors (Lipinski definition) is 5. The topological polar surface area (TPSA) is 92.2 Å². The van der Waals surface area contributed by atoms with Gasteiger partial charge in [0.15, 0.2) is 0 Å². The Morgan fingerprint density at radius 2 is 1.89 bits per heavy atom. The van der Waals surface area contributed by atoms with E-state index in [-0.39, 0.29) is 17.2 Å². The number of nitro groups is 1. The van der Waals surface area contributed by atoms with E-state index in [2.05, 4.69) is 11.0 Å². The van der Waals surface area contributed by atoms with Gasteiger partial charge < -0.3 is 4.90 Å². The van der Waals surface area contributed by atoms with E-state index in [1.807, 2.05) is 0 Å². The summed E-state index contributed by atoms with van der Waals surface area (Å²) in [5, 5.41) is 21.3. The van der Waals surface area contributed by atoms with E-state index < -0.39 is 4.92 Å². The standard InChI is InChI=1S/C20H16N4O3/c21-12-14-13-23(19-6-2-1-5-16(14)19)20(25)17-11-15(24(26)27)7-8-18(17)22-9-3-4-10-22/h1-2,5-8,11,13H,3-4,9-10H2. The van der Waals surface area contributed by atoms with Crippen molar-refractivity contribution in [1.29, 1.82) is 5.26 Å². The van der Waals surface area contributed by atoms with E-state index >= 15 is 0 Å². The summed E-state index contributed by atoms with van der Waals surface area (Å²) in [5.41, 5.74) is 1.85. The summed E-state index contributed by atoms with van der Waals surface area (Å²) >= 11 is 0. The number of hydrogen-bond donors (Lipinski definition) is 0. The zero-order valence-corrected chi connectivity index (χ0v) is 14.5. The van der Waals surface area contributed by atoms with Crippen LogP contribution in [0.5, 0.6) is 0 Å². The van der Waals surface area contributed by atoms with Crippen LogP contribution in [-0.2, 0) is 0 Å². The fourth-order valence-corrected chi connectivity index (χ4v) is 3.61. The van der Waals surface area contributed by atoms with E-state index in [0.29, 0.717) is 22.2 Å². The molecule has 3 aromatic rings. The maximum Gasteiger partial charge on any atom is 0.270 e. The molecule has 0 atom stereocenters. The second kappa shape index (κ2) is 6.57. The molecule has 4 rings (SSSR count). The van der Waals surface area contributed by atoms with Gasteiger partial charge in [-0.3, -0.25) is 19.5 Å². The number of nitriles is 1. The van der Waals surface area contributed by atoms with Crippen molar-refractivity contribution in [2.24, 2.45) is 0 Å². The molecular formula is C20H16N4O3. The Bertz CT molecular complexity index is 1100. The van der Waals surface area contributed by atoms with Crippen molar-refractivity contribution in [2.45, 2.75) is 12.8 Å². The summed E-state index contributed by atoms with van der Waals surface area (Å²) < 4.78 is 1.41. The average Bonchev–Trinajstić information content (AvgIpc) is 3.35. The van der Waals surface area contributed by atoms with Crippen LogP contribution in [0.1, 0.15) is 28.8 Å². The molecule has 1 aliphatic rings. The van der Waals surface area contributed by atoms with Gasteiger partial charge in [-0.2, -0.15) is 5.26 Å². The Hall–Kier alpha value is -3.66. The Labute approximate surface area is 155 Å². The molecule has 0 N–H and O–H groups in total. The van der Waals surface area contributed by atoms with Crippen LogP contribution in [0.3, 0.4) is 0 Å². The summed E-state index contributed by atoms with van der Waals surface area (Å²) in [6.07, 6.45) is 3.55. The lowest BCUT2D eigenvalue weighted by atomic mass is 10.1. The highest BCUT2D eigenvalue weighted by Crippen LogP contribution is 2.30. The maximum atomic E-state index is 13.3. The average molecular weight is 360 g/mol. The Morgan fingerprint density at radius 1 is 1.15 bits per heavy atom. The Morgan fingerprint density at radius 3 is 2.59 bits per heavy atom. The monoisotopic (exact) mass is 360 g/mol. The third-order valence-electron chi connectivity index (χ3n) is 4.92. The highest BCUT2D eigenvalue weighted by molar-refractivity contribution is 6.07. The van der Waals surface area contributed by atoms with Gasteiger partial charge in [0.05, 0.1) is 27.3 Å². The summed E-state index contributed by atoms with van der Waals surface area (Å²) in [6, 6.07) is 13.7. The van der Waals surface area contributed by atoms with Crippen molar-refractivity contribution in [3.63, 3.8) is 0 Å². The Balaban J connectivity index is 1.90. The number of aromatic nitrogens is 1. The van der Waals surface area contributed by atoms with Crippen LogP contribution in [0.2, 0.25) is 0 Å². The molecule has 134 valence electrons. The normalized spacial score (nSPS) is 13.7. The molecule has 27 heavy (non-hydrogen) atoms. The van der Waals surface area contributed by atoms with Crippen molar-refractivity contribution in [1.82, 2.24) is 4.57 Å². The maximum absolute atomic E-state index is 13.3. The van der Waals surface area contributed by atoms with Gasteiger partial charge in [0.25, 0.3) is 11.6 Å². The molecule has 0 aliphatic carbocycles. The van der Waals surface area contributed by atoms with Crippen LogP contribution >= 0.6 is 0 Å². The van der Waals surface area contributed by atoms with E-state index in [1.165, 1.54) is 22.9 Å². The van der Waals surface area contributed by atoms with E-state index in [0.717, 1.165) is 25.9 Å². The molecule has 1 aliphatic heterocycles. The van der Waals surface area contributed by atoms with Crippen LogP contribution in [0.15, 0.2) is 48.7 Å². The van der Waals surface area contributed by atoms with Crippen LogP contribution in [-0.4, -0.2) is 28.5 Å². The van der Waals surface area contributed by atoms with Crippen molar-refractivity contribution >= 4 is 28.2 Å². The molecule has 0 saturated carbocycles. The molecular weight excluding hydrogens is 344 g/mol. The van der Waals surface area contributed by atoms with Gasteiger partial charge in [0.1, 0.15) is 6.07 Å². The quantitative estimate of drug-likeness (QED) is 0.524. The first-order valence-corrected chi connectivity index (χ1v) is 8.68. The highest BCUT2D eigenvalue weighted by Gasteiger charge is 2.24. The first-order chi connectivity index (χ1) is 13.1. The highest BCUT2D eigenvalue weighted by atomic mass is 16.6. The number of carbonyl (C=O) groups excluding carboxylic acids is 1. The predicted molar refractivity (Wildman–Crippen MR) is 101 cm³/mol. The smallest absolute Gasteiger partial charge is 0.270 e. The molecule has 7 heteroatoms. The van der Waals surface area contributed by atoms with Gasteiger partial charge in [-0.05, 0) is 25.0 Å². The van der Waals surface area contributed by atoms with E-state index in [4.69, 9.17) is 0 Å². The number of para-hydroxylation sites is 1. The minimum Gasteiger partial charge on any atom is -0.371 e. The van der Waals surface area contributed by atoms with Crippen LogP contribution < -0.4 is 4.90 Å². The van der Waals surface area contributed by atoms with Crippen LogP contribution in [0, 0.1) is 21.4 Å². The molecule has 1 aromatic heterocycles. The van der Waals surface area contributed by atoms with Crippen molar-refractivity contribution in [3.05, 3.63) is 69.9 Å². The molecule has 0 spiro atoms. The lowest BCUT2D eigenvalue weighted by molar-refractivity contribution is -0.384. The second-order valence-electron chi connectivity index (χ2n) is 6.50. The summed E-state index contributed by atoms with van der Waals surface area (Å²) in [7, 11) is 0. The van der Waals surface area contributed by atoms with Gasteiger partial charge >= 0.3 is 0 Å². The first kappa shape index (κ1) is 16.8. The number of rotatable bonds is 3. The molecule has 2 aromatic carbocycles. The number of nitro benzene ring substituents is 1. The summed E-state index contributed by atoms with van der Waals surface area (Å²) in [5.74, 6) is -0.377. The molecule has 0 unspecified atom stereocenters. The van der Waals surface area contributed by atoms with Gasteiger partial charge in [0, 0.05) is 36.8 Å². The SMILES string of the molecule is N#Cc1cn(C(=O)c2cc([N+](=O)[O-])ccc2N2CCCC2)c2ccccc12.